The number of azo groups is 1. The first-order chi connectivity index (χ1) is 33.8. The molecular formula is C54H67N5O11. The summed E-state index contributed by atoms with van der Waals surface area (Å²) in [4.78, 5) is 65.0. The van der Waals surface area contributed by atoms with Crippen molar-refractivity contribution in [3.05, 3.63) is 111 Å². The van der Waals surface area contributed by atoms with Crippen LogP contribution in [0.5, 0.6) is 23.1 Å². The monoisotopic (exact) mass is 961 g/mol. The number of carbonyl (C=O) groups excluding carboxylic acids is 3. The summed E-state index contributed by atoms with van der Waals surface area (Å²) in [5.74, 6) is -3.65. The van der Waals surface area contributed by atoms with Gasteiger partial charge in [-0.1, -0.05) is 127 Å². The van der Waals surface area contributed by atoms with Crippen molar-refractivity contribution < 1.29 is 48.7 Å². The summed E-state index contributed by atoms with van der Waals surface area (Å²) in [5, 5.41) is 43.9. The minimum Gasteiger partial charge on any atom is -0.506 e. The quantitative estimate of drug-likeness (QED) is 0.0171. The predicted molar refractivity (Wildman–Crippen MR) is 269 cm³/mol. The van der Waals surface area contributed by atoms with E-state index in [4.69, 9.17) is 19.9 Å². The topological polar surface area (TPSA) is 241 Å². The van der Waals surface area contributed by atoms with Gasteiger partial charge in [0.05, 0.1) is 35.0 Å². The van der Waals surface area contributed by atoms with Crippen molar-refractivity contribution in [2.24, 2.45) is 21.9 Å². The van der Waals surface area contributed by atoms with E-state index in [9.17, 15) is 39.3 Å². The molecule has 70 heavy (non-hydrogen) atoms. The number of phenolic OH excluding ortho intramolecular Hbond substituents is 1. The summed E-state index contributed by atoms with van der Waals surface area (Å²) in [6, 6.07) is 20.3. The second kappa shape index (κ2) is 27.1. The van der Waals surface area contributed by atoms with Crippen LogP contribution in [0.25, 0.3) is 16.5 Å². The fraction of sp³-hybridized carbons (Fsp3) is 0.426. The van der Waals surface area contributed by atoms with Crippen LogP contribution in [0.2, 0.25) is 0 Å². The number of carbonyl (C=O) groups is 4. The molecule has 4 aromatic carbocycles. The number of nitrogens with zero attached hydrogens (tertiary/aromatic N) is 3. The Morgan fingerprint density at radius 2 is 1.33 bits per heavy atom. The zero-order chi connectivity index (χ0) is 50.6. The average Bonchev–Trinajstić information content (AvgIpc) is 3.34. The number of unbranched alkanes of at least 4 members (excludes halogenated alkanes) is 10. The zero-order valence-corrected chi connectivity index (χ0v) is 40.7. The highest BCUT2D eigenvalue weighted by Crippen LogP contribution is 2.36. The number of nitrogens with two attached hydrogens (primary N) is 1. The lowest BCUT2D eigenvalue weighted by atomic mass is 9.94. The summed E-state index contributed by atoms with van der Waals surface area (Å²) < 4.78 is 18.5. The largest absolute Gasteiger partial charge is 0.506 e. The van der Waals surface area contributed by atoms with Crippen molar-refractivity contribution in [1.82, 2.24) is 9.88 Å². The number of rotatable bonds is 29. The van der Waals surface area contributed by atoms with E-state index in [2.05, 4.69) is 29.4 Å². The first-order valence-corrected chi connectivity index (χ1v) is 24.4. The van der Waals surface area contributed by atoms with Crippen LogP contribution in [0, 0.1) is 12.8 Å². The van der Waals surface area contributed by atoms with E-state index in [0.29, 0.717) is 32.5 Å². The van der Waals surface area contributed by atoms with Crippen molar-refractivity contribution >= 4 is 45.9 Å². The van der Waals surface area contributed by atoms with E-state index in [0.717, 1.165) is 51.4 Å². The molecule has 1 heterocycles. The molecule has 0 saturated heterocycles. The number of benzene rings is 4. The van der Waals surface area contributed by atoms with Crippen LogP contribution < -0.4 is 26.1 Å². The van der Waals surface area contributed by atoms with Gasteiger partial charge in [0.25, 0.3) is 17.4 Å². The minimum absolute atomic E-state index is 0.000803. The normalized spacial score (nSPS) is 12.2. The van der Waals surface area contributed by atoms with Crippen LogP contribution in [-0.2, 0) is 9.53 Å². The number of pyridine rings is 1. The van der Waals surface area contributed by atoms with Crippen LogP contribution in [-0.4, -0.2) is 69.5 Å². The molecule has 1 aromatic heterocycles. The molecule has 5 rings (SSSR count). The molecule has 0 radical (unpaired) electrons. The van der Waals surface area contributed by atoms with Crippen molar-refractivity contribution in [1.29, 1.82) is 0 Å². The van der Waals surface area contributed by atoms with Crippen molar-refractivity contribution in [3.63, 3.8) is 0 Å². The molecule has 5 aromatic rings. The summed E-state index contributed by atoms with van der Waals surface area (Å²) >= 11 is 0. The molecular weight excluding hydrogens is 895 g/mol. The van der Waals surface area contributed by atoms with Crippen LogP contribution in [0.15, 0.2) is 93.9 Å². The Kier molecular flexibility index (Phi) is 20.8. The Morgan fingerprint density at radius 1 is 0.743 bits per heavy atom. The number of amides is 2. The molecule has 16 heteroatoms. The molecule has 2 amide bonds. The lowest BCUT2D eigenvalue weighted by molar-refractivity contribution is -0.153. The molecule has 0 aliphatic carbocycles. The number of carboxylic acids is 1. The summed E-state index contributed by atoms with van der Waals surface area (Å²) in [6.07, 6.45) is 14.8. The Labute approximate surface area is 408 Å². The molecule has 0 bridgehead atoms. The smallest absolute Gasteiger partial charge is 0.337 e. The van der Waals surface area contributed by atoms with Gasteiger partial charge in [0.1, 0.15) is 42.1 Å². The Hall–Kier alpha value is -7.23. The van der Waals surface area contributed by atoms with Crippen LogP contribution in [0.1, 0.15) is 147 Å². The number of hydrogen-bond donors (Lipinski definition) is 5. The number of phenols is 1. The van der Waals surface area contributed by atoms with Gasteiger partial charge in [-0.3, -0.25) is 19.2 Å². The van der Waals surface area contributed by atoms with Gasteiger partial charge in [0.2, 0.25) is 5.88 Å². The summed E-state index contributed by atoms with van der Waals surface area (Å²) in [6.45, 7) is 7.70. The van der Waals surface area contributed by atoms with Crippen LogP contribution in [0.4, 0.5) is 11.4 Å². The number of fused-ring (bicyclic) bond motifs is 1. The molecule has 0 aliphatic rings. The van der Waals surface area contributed by atoms with Gasteiger partial charge in [0.15, 0.2) is 5.69 Å². The third-order valence-electron chi connectivity index (χ3n) is 12.1. The number of para-hydroxylation sites is 1. The number of primary amides is 1. The van der Waals surface area contributed by atoms with E-state index >= 15 is 0 Å². The fourth-order valence-electron chi connectivity index (χ4n) is 8.28. The highest BCUT2D eigenvalue weighted by molar-refractivity contribution is 6.06. The third kappa shape index (κ3) is 14.6. The number of esters is 1. The molecule has 2 unspecified atom stereocenters. The molecule has 0 aliphatic heterocycles. The molecule has 374 valence electrons. The molecule has 6 N–H and O–H groups in total. The fourth-order valence-corrected chi connectivity index (χ4v) is 8.28. The van der Waals surface area contributed by atoms with Crippen LogP contribution >= 0.6 is 0 Å². The number of aromatic nitrogens is 1. The van der Waals surface area contributed by atoms with E-state index in [1.807, 2.05) is 0 Å². The molecule has 2 atom stereocenters. The number of aromatic carboxylic acids is 1. The Balaban J connectivity index is 1.19. The lowest BCUT2D eigenvalue weighted by Gasteiger charge is -2.20. The van der Waals surface area contributed by atoms with E-state index in [1.165, 1.54) is 75.8 Å². The number of nitrogens with one attached hydrogen (secondary N) is 1. The highest BCUT2D eigenvalue weighted by Gasteiger charge is 2.27. The maximum atomic E-state index is 13.7. The van der Waals surface area contributed by atoms with Gasteiger partial charge in [-0.2, -0.15) is 5.11 Å². The first kappa shape index (κ1) is 53.7. The van der Waals surface area contributed by atoms with Crippen molar-refractivity contribution in [3.8, 4) is 28.8 Å². The van der Waals surface area contributed by atoms with Gasteiger partial charge < -0.3 is 40.6 Å². The first-order valence-electron chi connectivity index (χ1n) is 24.4. The second-order valence-corrected chi connectivity index (χ2v) is 17.5. The van der Waals surface area contributed by atoms with Gasteiger partial charge >= 0.3 is 11.9 Å². The molecule has 16 nitrogen and oxygen atoms in total. The van der Waals surface area contributed by atoms with Crippen molar-refractivity contribution in [2.75, 3.05) is 19.8 Å². The van der Waals surface area contributed by atoms with E-state index < -0.39 is 40.9 Å². The average molecular weight is 962 g/mol. The number of aromatic hydroxyl groups is 2. The molecule has 0 spiro atoms. The maximum Gasteiger partial charge on any atom is 0.337 e. The predicted octanol–water partition coefficient (Wildman–Crippen LogP) is 11.2. The Morgan fingerprint density at radius 3 is 1.96 bits per heavy atom. The standard InChI is InChI=1S/C54H67N5O11/c1-5-7-9-11-12-14-16-22-37(21-15-13-10-8-6-2)54(67)70-35(3)34-56-50(62)43-33-45(40-23-17-18-24-41(40)48(43)60)69-32-31-68-39-29-27-38(28-30-39)57-58-47-36(4)46(49(55)61)51(63)59(52(47)64)44-26-20-19-25-42(44)53(65)66/h17-20,23-30,33,35,37,60,63H,5-16,21-22,31-32,34H2,1-4H3,(H2,55,61)(H,56,62)(H,65,66). The second-order valence-electron chi connectivity index (χ2n) is 17.5. The lowest BCUT2D eigenvalue weighted by Crippen LogP contribution is -2.34. The zero-order valence-electron chi connectivity index (χ0n) is 40.7. The van der Waals surface area contributed by atoms with Gasteiger partial charge in [-0.25, -0.2) is 9.36 Å². The highest BCUT2D eigenvalue weighted by atomic mass is 16.5. The van der Waals surface area contributed by atoms with Gasteiger partial charge in [-0.15, -0.1) is 5.11 Å². The molecule has 0 saturated carbocycles. The van der Waals surface area contributed by atoms with Crippen LogP contribution in [0.3, 0.4) is 0 Å². The SMILES string of the molecule is CCCCCCCCCC(CCCCCCC)C(=O)OC(C)CNC(=O)c1cc(OCCOc2ccc(N=Nc3c(C)c(C(N)=O)c(O)n(-c4ccccc4C(=O)O)c3=O)cc2)c2ccccc2c1O. The molecule has 0 fully saturated rings. The summed E-state index contributed by atoms with van der Waals surface area (Å²) in [5.41, 5.74) is 3.58. The van der Waals surface area contributed by atoms with E-state index in [1.54, 1.807) is 55.5 Å². The number of hydrogen-bond acceptors (Lipinski definition) is 12. The van der Waals surface area contributed by atoms with Gasteiger partial charge in [0, 0.05) is 16.3 Å². The number of ether oxygens (including phenoxy) is 3. The van der Waals surface area contributed by atoms with E-state index in [-0.39, 0.29) is 65.5 Å². The third-order valence-corrected chi connectivity index (χ3v) is 12.1. The Bertz CT molecular complexity index is 2660. The maximum absolute atomic E-state index is 13.7. The minimum atomic E-state index is -1.37. The van der Waals surface area contributed by atoms with Crippen molar-refractivity contribution in [2.45, 2.75) is 124 Å². The summed E-state index contributed by atoms with van der Waals surface area (Å²) in [7, 11) is 0. The van der Waals surface area contributed by atoms with Gasteiger partial charge in [-0.05, 0) is 69.2 Å². The number of carboxylic acid groups (broad SMARTS) is 1.